The van der Waals surface area contributed by atoms with E-state index in [1.165, 1.54) is 24.0 Å². The zero-order valence-corrected chi connectivity index (χ0v) is 16.3. The Balaban J connectivity index is 1.52. The molecule has 28 heavy (non-hydrogen) atoms. The van der Waals surface area contributed by atoms with E-state index in [1.54, 1.807) is 0 Å². The molecule has 0 bridgehead atoms. The highest BCUT2D eigenvalue weighted by molar-refractivity contribution is 5.93. The van der Waals surface area contributed by atoms with Crippen molar-refractivity contribution in [3.63, 3.8) is 0 Å². The van der Waals surface area contributed by atoms with Crippen LogP contribution in [0, 0.1) is 13.8 Å². The van der Waals surface area contributed by atoms with Crippen LogP contribution in [0.2, 0.25) is 0 Å². The first-order valence-electron chi connectivity index (χ1n) is 9.78. The minimum Gasteiger partial charge on any atom is -0.309 e. The Kier molecular flexibility index (Phi) is 5.11. The Labute approximate surface area is 165 Å². The van der Waals surface area contributed by atoms with E-state index in [1.807, 2.05) is 12.1 Å². The fourth-order valence-electron chi connectivity index (χ4n) is 3.26. The molecule has 0 radical (unpaired) electrons. The van der Waals surface area contributed by atoms with E-state index in [0.717, 1.165) is 22.4 Å². The molecule has 0 saturated heterocycles. The first-order chi connectivity index (χ1) is 13.6. The third-order valence-corrected chi connectivity index (χ3v) is 5.10. The summed E-state index contributed by atoms with van der Waals surface area (Å²) in [6, 6.07) is 18.8. The van der Waals surface area contributed by atoms with Crippen molar-refractivity contribution in [3.05, 3.63) is 88.6 Å². The summed E-state index contributed by atoms with van der Waals surface area (Å²) in [6.07, 6.45) is 4.70. The van der Waals surface area contributed by atoms with Crippen LogP contribution in [0.1, 0.15) is 53.1 Å². The van der Waals surface area contributed by atoms with Crippen LogP contribution in [0.5, 0.6) is 0 Å². The number of aromatic amines is 1. The Morgan fingerprint density at radius 1 is 1.04 bits per heavy atom. The zero-order chi connectivity index (χ0) is 19.5. The van der Waals surface area contributed by atoms with E-state index < -0.39 is 0 Å². The van der Waals surface area contributed by atoms with Gasteiger partial charge in [0, 0.05) is 24.1 Å². The molecule has 0 aliphatic heterocycles. The summed E-state index contributed by atoms with van der Waals surface area (Å²) in [4.78, 5) is 12.5. The average Bonchev–Trinajstić information content (AvgIpc) is 3.44. The first kappa shape index (κ1) is 18.2. The minimum absolute atomic E-state index is 0.0643. The van der Waals surface area contributed by atoms with Crippen molar-refractivity contribution in [3.8, 4) is 0 Å². The molecule has 1 aliphatic rings. The summed E-state index contributed by atoms with van der Waals surface area (Å²) in [5, 5.41) is 10.1. The second-order valence-corrected chi connectivity index (χ2v) is 7.58. The number of hydrogen-bond acceptors (Lipinski definition) is 2. The van der Waals surface area contributed by atoms with Crippen molar-refractivity contribution >= 4 is 17.3 Å². The smallest absolute Gasteiger partial charge is 0.229 e. The molecule has 1 aliphatic carbocycles. The third-order valence-electron chi connectivity index (χ3n) is 5.10. The van der Waals surface area contributed by atoms with E-state index >= 15 is 0 Å². The van der Waals surface area contributed by atoms with Crippen molar-refractivity contribution in [2.45, 2.75) is 39.0 Å². The maximum Gasteiger partial charge on any atom is 0.229 e. The van der Waals surface area contributed by atoms with Gasteiger partial charge < -0.3 is 5.32 Å². The zero-order valence-electron chi connectivity index (χ0n) is 16.3. The molecule has 4 rings (SSSR count). The predicted molar refractivity (Wildman–Crippen MR) is 113 cm³/mol. The quantitative estimate of drug-likeness (QED) is 0.612. The molecule has 0 unspecified atom stereocenters. The van der Waals surface area contributed by atoms with Crippen LogP contribution >= 0.6 is 0 Å². The molecule has 1 aromatic heterocycles. The monoisotopic (exact) mass is 371 g/mol. The van der Waals surface area contributed by atoms with Gasteiger partial charge in [0.05, 0.1) is 0 Å². The summed E-state index contributed by atoms with van der Waals surface area (Å²) in [5.74, 6) is 1.13. The van der Waals surface area contributed by atoms with Gasteiger partial charge in [-0.05, 0) is 43.4 Å². The Hall–Kier alpha value is -3.14. The largest absolute Gasteiger partial charge is 0.309 e. The fraction of sp³-hybridized carbons (Fsp3) is 0.250. The van der Waals surface area contributed by atoms with Gasteiger partial charge in [-0.1, -0.05) is 65.7 Å². The number of aromatic nitrogens is 2. The molecule has 142 valence electrons. The number of aryl methyl sites for hydroxylation is 2. The number of benzene rings is 2. The van der Waals surface area contributed by atoms with Gasteiger partial charge in [0.15, 0.2) is 5.82 Å². The molecular formula is C24H25N3O. The van der Waals surface area contributed by atoms with Gasteiger partial charge >= 0.3 is 0 Å². The van der Waals surface area contributed by atoms with Gasteiger partial charge in [0.25, 0.3) is 0 Å². The highest BCUT2D eigenvalue weighted by Gasteiger charge is 2.25. The van der Waals surface area contributed by atoms with Gasteiger partial charge in [-0.3, -0.25) is 9.89 Å². The number of carbonyl (C=O) groups is 1. The van der Waals surface area contributed by atoms with Crippen LogP contribution in [-0.4, -0.2) is 16.1 Å². The molecule has 1 amide bonds. The van der Waals surface area contributed by atoms with Crippen LogP contribution in [0.15, 0.2) is 60.7 Å². The Morgan fingerprint density at radius 2 is 1.61 bits per heavy atom. The normalized spacial score (nSPS) is 13.2. The van der Waals surface area contributed by atoms with Crippen LogP contribution in [0.3, 0.4) is 0 Å². The SMILES string of the molecule is Cc1ccc(C(=CCC(=O)Nc2cc(C3CC3)[nH]n2)c2ccc(C)cc2)cc1. The van der Waals surface area contributed by atoms with E-state index in [0.29, 0.717) is 18.2 Å². The fourth-order valence-corrected chi connectivity index (χ4v) is 3.26. The van der Waals surface area contributed by atoms with Crippen molar-refractivity contribution in [2.24, 2.45) is 0 Å². The van der Waals surface area contributed by atoms with Crippen LogP contribution < -0.4 is 5.32 Å². The topological polar surface area (TPSA) is 57.8 Å². The standard InChI is InChI=1S/C24H25N3O/c1-16-3-7-18(8-4-16)21(19-9-5-17(2)6-10-19)13-14-24(28)25-23-15-22(26-27-23)20-11-12-20/h3-10,13,15,20H,11-12,14H2,1-2H3,(H2,25,26,27,28). The summed E-state index contributed by atoms with van der Waals surface area (Å²) >= 11 is 0. The lowest BCUT2D eigenvalue weighted by Gasteiger charge is -2.10. The molecule has 1 fully saturated rings. The molecule has 1 heterocycles. The number of hydrogen-bond donors (Lipinski definition) is 2. The van der Waals surface area contributed by atoms with Crippen molar-refractivity contribution in [1.82, 2.24) is 10.2 Å². The molecule has 0 spiro atoms. The molecule has 4 nitrogen and oxygen atoms in total. The van der Waals surface area contributed by atoms with Crippen molar-refractivity contribution in [2.75, 3.05) is 5.32 Å². The lowest BCUT2D eigenvalue weighted by Crippen LogP contribution is -2.10. The van der Waals surface area contributed by atoms with E-state index in [-0.39, 0.29) is 5.91 Å². The van der Waals surface area contributed by atoms with Crippen LogP contribution in [0.25, 0.3) is 5.57 Å². The maximum atomic E-state index is 12.5. The molecule has 2 aromatic carbocycles. The predicted octanol–water partition coefficient (Wildman–Crippen LogP) is 5.36. The Bertz CT molecular complexity index is 946. The van der Waals surface area contributed by atoms with Crippen LogP contribution in [-0.2, 0) is 4.79 Å². The molecule has 2 N–H and O–H groups in total. The van der Waals surface area contributed by atoms with Gasteiger partial charge in [-0.25, -0.2) is 0 Å². The van der Waals surface area contributed by atoms with Gasteiger partial charge in [-0.2, -0.15) is 5.10 Å². The molecule has 4 heteroatoms. The molecule has 1 saturated carbocycles. The van der Waals surface area contributed by atoms with Gasteiger partial charge in [0.1, 0.15) is 0 Å². The van der Waals surface area contributed by atoms with Gasteiger partial charge in [-0.15, -0.1) is 0 Å². The number of nitrogens with zero attached hydrogens (tertiary/aromatic N) is 1. The first-order valence-corrected chi connectivity index (χ1v) is 9.78. The van der Waals surface area contributed by atoms with Gasteiger partial charge in [0.2, 0.25) is 5.91 Å². The second kappa shape index (κ2) is 7.85. The van der Waals surface area contributed by atoms with E-state index in [9.17, 15) is 4.79 Å². The number of carbonyl (C=O) groups excluding carboxylic acids is 1. The maximum absolute atomic E-state index is 12.5. The highest BCUT2D eigenvalue weighted by Crippen LogP contribution is 2.39. The molecular weight excluding hydrogens is 346 g/mol. The van der Waals surface area contributed by atoms with Crippen LogP contribution in [0.4, 0.5) is 5.82 Å². The Morgan fingerprint density at radius 3 is 2.14 bits per heavy atom. The minimum atomic E-state index is -0.0643. The summed E-state index contributed by atoms with van der Waals surface area (Å²) in [7, 11) is 0. The number of anilines is 1. The molecule has 3 aromatic rings. The number of H-pyrrole nitrogens is 1. The third kappa shape index (κ3) is 4.39. The summed E-state index contributed by atoms with van der Waals surface area (Å²) in [5.41, 5.74) is 6.84. The average molecular weight is 371 g/mol. The van der Waals surface area contributed by atoms with Crippen molar-refractivity contribution < 1.29 is 4.79 Å². The number of amides is 1. The summed E-state index contributed by atoms with van der Waals surface area (Å²) < 4.78 is 0. The lowest BCUT2D eigenvalue weighted by atomic mass is 9.95. The van der Waals surface area contributed by atoms with E-state index in [2.05, 4.69) is 77.9 Å². The number of rotatable bonds is 6. The summed E-state index contributed by atoms with van der Waals surface area (Å²) in [6.45, 7) is 4.15. The number of nitrogens with one attached hydrogen (secondary N) is 2. The molecule has 0 atom stereocenters. The lowest BCUT2D eigenvalue weighted by molar-refractivity contribution is -0.115. The van der Waals surface area contributed by atoms with Crippen molar-refractivity contribution in [1.29, 1.82) is 0 Å². The second-order valence-electron chi connectivity index (χ2n) is 7.58. The van der Waals surface area contributed by atoms with E-state index in [4.69, 9.17) is 0 Å². The highest BCUT2D eigenvalue weighted by atomic mass is 16.1.